The largest absolute Gasteiger partial charge is 0.630 e. The second-order valence-corrected chi connectivity index (χ2v) is 5.93. The number of halogens is 1. The molecule has 6 heteroatoms. The van der Waals surface area contributed by atoms with Crippen molar-refractivity contribution in [3.63, 3.8) is 0 Å². The van der Waals surface area contributed by atoms with Crippen LogP contribution in [0.1, 0.15) is 23.2 Å². The van der Waals surface area contributed by atoms with Gasteiger partial charge >= 0.3 is 0 Å². The molecule has 0 bridgehead atoms. The molecule has 1 aromatic carbocycles. The number of hydrogen-bond donors (Lipinski definition) is 1. The highest BCUT2D eigenvalue weighted by molar-refractivity contribution is 6.09. The number of nitrogens with two attached hydrogens (primary N) is 1. The van der Waals surface area contributed by atoms with Crippen LogP contribution in [-0.2, 0) is 0 Å². The van der Waals surface area contributed by atoms with Crippen molar-refractivity contribution in [1.82, 2.24) is 4.98 Å². The number of carbonyl (C=O) groups excluding carboxylic acids is 1. The summed E-state index contributed by atoms with van der Waals surface area (Å²) in [5.41, 5.74) is 2.94. The van der Waals surface area contributed by atoms with Gasteiger partial charge in [0.1, 0.15) is 5.82 Å². The minimum Gasteiger partial charge on any atom is -0.630 e. The fourth-order valence-electron chi connectivity index (χ4n) is 2.79. The molecule has 0 unspecified atom stereocenters. The van der Waals surface area contributed by atoms with Crippen LogP contribution in [0.5, 0.6) is 0 Å². The van der Waals surface area contributed by atoms with Gasteiger partial charge in [-0.05, 0) is 55.2 Å². The van der Waals surface area contributed by atoms with Gasteiger partial charge in [0, 0.05) is 30.9 Å². The Labute approximate surface area is 151 Å². The first-order valence-electron chi connectivity index (χ1n) is 8.32. The molecule has 1 aliphatic rings. The fraction of sp³-hybridized carbons (Fsp3) is 0.200. The van der Waals surface area contributed by atoms with Crippen LogP contribution in [0.25, 0.3) is 0 Å². The highest BCUT2D eigenvalue weighted by Gasteiger charge is 2.18. The monoisotopic (exact) mass is 351 g/mol. The molecule has 1 aliphatic heterocycles. The number of quaternary nitrogens is 1. The molecule has 1 aromatic heterocycles. The highest BCUT2D eigenvalue weighted by atomic mass is 19.1. The molecule has 132 valence electrons. The van der Waals surface area contributed by atoms with Gasteiger partial charge in [-0.2, -0.15) is 0 Å². The fourth-order valence-corrected chi connectivity index (χ4v) is 2.79. The van der Waals surface area contributed by atoms with Gasteiger partial charge in [-0.3, -0.25) is 4.79 Å². The van der Waals surface area contributed by atoms with Crippen molar-refractivity contribution < 1.29 is 14.7 Å². The Hall–Kier alpha value is -3.01. The Morgan fingerprint density at radius 1 is 1.23 bits per heavy atom. The maximum absolute atomic E-state index is 12.9. The van der Waals surface area contributed by atoms with E-state index in [0.29, 0.717) is 17.1 Å². The van der Waals surface area contributed by atoms with Gasteiger partial charge in [0.25, 0.3) is 0 Å². The van der Waals surface area contributed by atoms with Crippen molar-refractivity contribution >= 4 is 17.3 Å². The first kappa shape index (κ1) is 17.8. The zero-order valence-electron chi connectivity index (χ0n) is 14.1. The summed E-state index contributed by atoms with van der Waals surface area (Å²) in [5.74, 6) is 5.36. The number of anilines is 1. The first-order valence-corrected chi connectivity index (χ1v) is 8.32. The Bertz CT molecular complexity index is 872. The van der Waals surface area contributed by atoms with E-state index in [1.54, 1.807) is 24.4 Å². The Morgan fingerprint density at radius 3 is 2.65 bits per heavy atom. The van der Waals surface area contributed by atoms with Crippen LogP contribution in [-0.4, -0.2) is 23.9 Å². The standard InChI is InChI=1S/C20H18FN3O2/c21-17-8-6-16(7-9-17)19(25)5-1-3-15-10-13-24(14-11-15)20-18(23-26)4-2-12-22-20/h2-4,6-9,12H,10-11,13-14,23H2. The zero-order valence-corrected chi connectivity index (χ0v) is 14.1. The van der Waals surface area contributed by atoms with Crippen molar-refractivity contribution in [2.24, 2.45) is 0 Å². The lowest BCUT2D eigenvalue weighted by Crippen LogP contribution is -2.70. The predicted molar refractivity (Wildman–Crippen MR) is 97.2 cm³/mol. The minimum absolute atomic E-state index is 0.330. The molecule has 0 atom stereocenters. The molecule has 3 rings (SSSR count). The normalized spacial score (nSPS) is 13.8. The van der Waals surface area contributed by atoms with Gasteiger partial charge in [-0.1, -0.05) is 11.5 Å². The van der Waals surface area contributed by atoms with E-state index in [-0.39, 0.29) is 11.6 Å². The molecule has 0 amide bonds. The highest BCUT2D eigenvalue weighted by Crippen LogP contribution is 2.24. The van der Waals surface area contributed by atoms with E-state index in [9.17, 15) is 14.4 Å². The molecule has 26 heavy (non-hydrogen) atoms. The summed E-state index contributed by atoms with van der Waals surface area (Å²) in [6, 6.07) is 8.84. The van der Waals surface area contributed by atoms with E-state index in [1.807, 2.05) is 0 Å². The molecule has 1 saturated heterocycles. The number of Topliss-reactive ketones (excluding diaryl/α,β-unsaturated/α-hetero) is 1. The number of benzene rings is 1. The van der Waals surface area contributed by atoms with Gasteiger partial charge < -0.3 is 15.6 Å². The van der Waals surface area contributed by atoms with Crippen LogP contribution in [0.3, 0.4) is 0 Å². The van der Waals surface area contributed by atoms with Crippen LogP contribution >= 0.6 is 0 Å². The second-order valence-electron chi connectivity index (χ2n) is 5.93. The van der Waals surface area contributed by atoms with Gasteiger partial charge in [0.2, 0.25) is 5.78 Å². The van der Waals surface area contributed by atoms with Crippen LogP contribution in [0.15, 0.2) is 54.2 Å². The van der Waals surface area contributed by atoms with E-state index >= 15 is 0 Å². The number of carbonyl (C=O) groups is 1. The molecule has 5 nitrogen and oxygen atoms in total. The summed E-state index contributed by atoms with van der Waals surface area (Å²) < 4.78 is 12.9. The van der Waals surface area contributed by atoms with Gasteiger partial charge in [0.05, 0.1) is 0 Å². The smallest absolute Gasteiger partial charge is 0.236 e. The van der Waals surface area contributed by atoms with E-state index in [2.05, 4.69) is 21.7 Å². The van der Waals surface area contributed by atoms with Crippen molar-refractivity contribution in [2.75, 3.05) is 18.0 Å². The average Bonchev–Trinajstić information content (AvgIpc) is 2.69. The first-order chi connectivity index (χ1) is 12.7. The van der Waals surface area contributed by atoms with E-state index < -0.39 is 0 Å². The number of hydrogen-bond acceptors (Lipinski definition) is 4. The molecule has 2 heterocycles. The Morgan fingerprint density at radius 2 is 1.96 bits per heavy atom. The predicted octanol–water partition coefficient (Wildman–Crippen LogP) is 2.33. The Balaban J connectivity index is 1.60. The van der Waals surface area contributed by atoms with Crippen LogP contribution < -0.4 is 10.4 Å². The number of ketones is 1. The maximum atomic E-state index is 12.9. The molecule has 0 radical (unpaired) electrons. The summed E-state index contributed by atoms with van der Waals surface area (Å²) in [6.45, 7) is 1.49. The summed E-state index contributed by atoms with van der Waals surface area (Å²) in [5, 5.41) is 11.1. The summed E-state index contributed by atoms with van der Waals surface area (Å²) in [7, 11) is 0. The van der Waals surface area contributed by atoms with E-state index in [1.165, 1.54) is 24.3 Å². The number of nitrogens with zero attached hydrogens (tertiary/aromatic N) is 2. The number of aromatic nitrogens is 1. The summed E-state index contributed by atoms with van der Waals surface area (Å²) in [6.07, 6.45) is 5.06. The lowest BCUT2D eigenvalue weighted by atomic mass is 10.0. The van der Waals surface area contributed by atoms with Crippen molar-refractivity contribution in [3.8, 4) is 11.8 Å². The number of allylic oxidation sites excluding steroid dienone is 1. The van der Waals surface area contributed by atoms with Crippen LogP contribution in [0, 0.1) is 22.9 Å². The lowest BCUT2D eigenvalue weighted by molar-refractivity contribution is -0.496. The summed E-state index contributed by atoms with van der Waals surface area (Å²) in [4.78, 5) is 18.3. The molecular weight excluding hydrogens is 333 g/mol. The zero-order chi connectivity index (χ0) is 18.4. The molecule has 2 aromatic rings. The molecule has 0 spiro atoms. The third kappa shape index (κ3) is 4.33. The third-order valence-corrected chi connectivity index (χ3v) is 4.22. The van der Waals surface area contributed by atoms with Crippen molar-refractivity contribution in [1.29, 1.82) is 0 Å². The molecular formula is C20H18FN3O2. The number of piperidine rings is 1. The van der Waals surface area contributed by atoms with Crippen molar-refractivity contribution in [2.45, 2.75) is 12.8 Å². The molecule has 1 fully saturated rings. The van der Waals surface area contributed by atoms with Gasteiger partial charge in [-0.25, -0.2) is 9.37 Å². The van der Waals surface area contributed by atoms with Gasteiger partial charge in [-0.15, -0.1) is 0 Å². The quantitative estimate of drug-likeness (QED) is 0.399. The molecule has 2 N–H and O–H groups in total. The van der Waals surface area contributed by atoms with Gasteiger partial charge in [0.15, 0.2) is 11.5 Å². The lowest BCUT2D eigenvalue weighted by Gasteiger charge is -2.29. The number of rotatable bonds is 3. The minimum atomic E-state index is -0.381. The topological polar surface area (TPSA) is 72.9 Å². The molecule has 0 saturated carbocycles. The molecule has 0 aliphatic carbocycles. The number of pyridine rings is 1. The van der Waals surface area contributed by atoms with E-state index in [4.69, 9.17) is 0 Å². The van der Waals surface area contributed by atoms with E-state index in [0.717, 1.165) is 37.0 Å². The summed E-state index contributed by atoms with van der Waals surface area (Å²) >= 11 is 0. The second kappa shape index (κ2) is 8.39. The van der Waals surface area contributed by atoms with Crippen LogP contribution in [0.4, 0.5) is 15.9 Å². The maximum Gasteiger partial charge on any atom is 0.236 e. The SMILES string of the molecule is O=C(C#CC=C1CCN(c2ncccc2[NH2+][O-])CC1)c1ccc(F)cc1. The Kier molecular flexibility index (Phi) is 5.74. The average molecular weight is 351 g/mol. The third-order valence-electron chi connectivity index (χ3n) is 4.22. The van der Waals surface area contributed by atoms with Crippen molar-refractivity contribution in [3.05, 3.63) is 70.8 Å². The van der Waals surface area contributed by atoms with Crippen LogP contribution in [0.2, 0.25) is 0 Å².